The molecule has 1 amide bonds. The number of para-hydroxylation sites is 1. The number of aryl methyl sites for hydroxylation is 2. The van der Waals surface area contributed by atoms with Gasteiger partial charge in [0.1, 0.15) is 5.82 Å². The Morgan fingerprint density at radius 1 is 1.22 bits per heavy atom. The molecule has 4 heteroatoms. The van der Waals surface area contributed by atoms with Crippen molar-refractivity contribution in [1.29, 1.82) is 0 Å². The summed E-state index contributed by atoms with van der Waals surface area (Å²) < 4.78 is 0. The number of carbonyl (C=O) groups excluding carboxylic acids is 1. The zero-order valence-electron chi connectivity index (χ0n) is 10.2. The molecule has 1 aromatic carbocycles. The topological polar surface area (TPSA) is 57.8 Å². The molecule has 0 saturated carbocycles. The first-order chi connectivity index (χ1) is 8.65. The van der Waals surface area contributed by atoms with Crippen LogP contribution in [0.3, 0.4) is 0 Å². The maximum atomic E-state index is 11.9. The number of benzene rings is 1. The highest BCUT2D eigenvalue weighted by atomic mass is 16.2. The van der Waals surface area contributed by atoms with Gasteiger partial charge in [0.2, 0.25) is 0 Å². The molecule has 2 N–H and O–H groups in total. The number of nitrogens with one attached hydrogen (secondary N) is 2. The highest BCUT2D eigenvalue weighted by Gasteiger charge is 2.23. The van der Waals surface area contributed by atoms with Crippen molar-refractivity contribution >= 4 is 23.2 Å². The van der Waals surface area contributed by atoms with Gasteiger partial charge in [0.25, 0.3) is 5.91 Å². The van der Waals surface area contributed by atoms with Gasteiger partial charge in [-0.2, -0.15) is 0 Å². The number of H-pyrrole nitrogens is 1. The van der Waals surface area contributed by atoms with E-state index in [4.69, 9.17) is 0 Å². The molecule has 18 heavy (non-hydrogen) atoms. The molecule has 0 fully saturated rings. The smallest absolute Gasteiger partial charge is 0.256 e. The van der Waals surface area contributed by atoms with E-state index < -0.39 is 0 Å². The average Bonchev–Trinajstić information content (AvgIpc) is 2.82. The molecule has 0 spiro atoms. The molecule has 4 nitrogen and oxygen atoms in total. The van der Waals surface area contributed by atoms with Crippen LogP contribution in [0.15, 0.2) is 24.3 Å². The van der Waals surface area contributed by atoms with Gasteiger partial charge in [0.05, 0.1) is 11.3 Å². The fourth-order valence-electron chi connectivity index (χ4n) is 2.06. The van der Waals surface area contributed by atoms with Crippen LogP contribution < -0.4 is 5.32 Å². The van der Waals surface area contributed by atoms with Crippen molar-refractivity contribution in [1.82, 2.24) is 9.97 Å². The maximum absolute atomic E-state index is 11.9. The van der Waals surface area contributed by atoms with E-state index in [1.807, 2.05) is 38.1 Å². The van der Waals surface area contributed by atoms with E-state index in [-0.39, 0.29) is 5.91 Å². The molecule has 90 valence electrons. The molecule has 1 aliphatic heterocycles. The number of imidazole rings is 1. The third-order valence-corrected chi connectivity index (χ3v) is 3.14. The van der Waals surface area contributed by atoms with Gasteiger partial charge in [0.15, 0.2) is 0 Å². The quantitative estimate of drug-likeness (QED) is 0.751. The number of rotatable bonds is 1. The summed E-state index contributed by atoms with van der Waals surface area (Å²) in [6.07, 6.45) is 1.79. The zero-order valence-corrected chi connectivity index (χ0v) is 10.2. The second-order valence-corrected chi connectivity index (χ2v) is 4.39. The van der Waals surface area contributed by atoms with E-state index >= 15 is 0 Å². The Morgan fingerprint density at radius 3 is 2.72 bits per heavy atom. The summed E-state index contributed by atoms with van der Waals surface area (Å²) in [6, 6.07) is 7.66. The van der Waals surface area contributed by atoms with Crippen LogP contribution in [0.1, 0.15) is 22.8 Å². The second-order valence-electron chi connectivity index (χ2n) is 4.39. The monoisotopic (exact) mass is 239 g/mol. The molecule has 0 radical (unpaired) electrons. The SMILES string of the molecule is Cc1nc(/C=C2\C(=O)Nc3ccccc32)[nH]c1C. The van der Waals surface area contributed by atoms with Crippen LogP contribution in [0, 0.1) is 13.8 Å². The number of hydrogen-bond donors (Lipinski definition) is 2. The first-order valence-corrected chi connectivity index (χ1v) is 5.81. The number of amides is 1. The van der Waals surface area contributed by atoms with Gasteiger partial charge in [-0.15, -0.1) is 0 Å². The Labute approximate surface area is 105 Å². The summed E-state index contributed by atoms with van der Waals surface area (Å²) >= 11 is 0. The summed E-state index contributed by atoms with van der Waals surface area (Å²) in [5.74, 6) is 0.634. The minimum Gasteiger partial charge on any atom is -0.342 e. The summed E-state index contributed by atoms with van der Waals surface area (Å²) in [4.78, 5) is 19.4. The molecule has 0 atom stereocenters. The van der Waals surface area contributed by atoms with Crippen LogP contribution in [-0.2, 0) is 4.79 Å². The van der Waals surface area contributed by atoms with Crippen molar-refractivity contribution in [2.24, 2.45) is 0 Å². The van der Waals surface area contributed by atoms with Gasteiger partial charge in [-0.3, -0.25) is 4.79 Å². The summed E-state index contributed by atoms with van der Waals surface area (Å²) in [6.45, 7) is 3.91. The van der Waals surface area contributed by atoms with Crippen LogP contribution in [0.25, 0.3) is 11.6 Å². The molecular weight excluding hydrogens is 226 g/mol. The molecule has 1 aliphatic rings. The van der Waals surface area contributed by atoms with E-state index in [1.54, 1.807) is 6.08 Å². The predicted octanol–water partition coefficient (Wildman–Crippen LogP) is 2.52. The molecular formula is C14H13N3O. The van der Waals surface area contributed by atoms with Crippen molar-refractivity contribution < 1.29 is 4.79 Å². The van der Waals surface area contributed by atoms with Crippen LogP contribution in [0.2, 0.25) is 0 Å². The van der Waals surface area contributed by atoms with Crippen LogP contribution in [0.4, 0.5) is 5.69 Å². The standard InChI is InChI=1S/C14H13N3O/c1-8-9(2)16-13(15-8)7-11-10-5-3-4-6-12(10)17-14(11)18/h3-7H,1-2H3,(H,15,16)(H,17,18)/b11-7-. The van der Waals surface area contributed by atoms with E-state index in [0.717, 1.165) is 22.6 Å². The number of anilines is 1. The lowest BCUT2D eigenvalue weighted by molar-refractivity contribution is -0.110. The van der Waals surface area contributed by atoms with E-state index in [1.165, 1.54) is 0 Å². The number of carbonyl (C=O) groups is 1. The van der Waals surface area contributed by atoms with Crippen molar-refractivity contribution in [3.05, 3.63) is 47.0 Å². The van der Waals surface area contributed by atoms with Crippen molar-refractivity contribution in [2.75, 3.05) is 5.32 Å². The Balaban J connectivity index is 2.09. The Kier molecular flexibility index (Phi) is 2.30. The fraction of sp³-hybridized carbons (Fsp3) is 0.143. The van der Waals surface area contributed by atoms with Gasteiger partial charge < -0.3 is 10.3 Å². The minimum absolute atomic E-state index is 0.0806. The lowest BCUT2D eigenvalue weighted by atomic mass is 10.1. The number of nitrogens with zero attached hydrogens (tertiary/aromatic N) is 1. The van der Waals surface area contributed by atoms with Gasteiger partial charge in [-0.1, -0.05) is 18.2 Å². The van der Waals surface area contributed by atoms with Gasteiger partial charge in [-0.25, -0.2) is 4.98 Å². The molecule has 0 aliphatic carbocycles. The Hall–Kier alpha value is -2.36. The predicted molar refractivity (Wildman–Crippen MR) is 71.0 cm³/mol. The lowest BCUT2D eigenvalue weighted by Gasteiger charge is -1.95. The summed E-state index contributed by atoms with van der Waals surface area (Å²) in [7, 11) is 0. The highest BCUT2D eigenvalue weighted by molar-refractivity contribution is 6.34. The minimum atomic E-state index is -0.0806. The number of aromatic amines is 1. The average molecular weight is 239 g/mol. The van der Waals surface area contributed by atoms with Gasteiger partial charge in [0, 0.05) is 16.9 Å². The molecule has 0 bridgehead atoms. The van der Waals surface area contributed by atoms with Crippen molar-refractivity contribution in [3.8, 4) is 0 Å². The van der Waals surface area contributed by atoms with Gasteiger partial charge in [-0.05, 0) is 26.0 Å². The first-order valence-electron chi connectivity index (χ1n) is 5.81. The molecule has 2 heterocycles. The second kappa shape index (κ2) is 3.84. The third kappa shape index (κ3) is 1.62. The van der Waals surface area contributed by atoms with Crippen molar-refractivity contribution in [2.45, 2.75) is 13.8 Å². The normalized spacial score (nSPS) is 15.9. The summed E-state index contributed by atoms with van der Waals surface area (Å²) in [5.41, 5.74) is 4.41. The number of hydrogen-bond acceptors (Lipinski definition) is 2. The summed E-state index contributed by atoms with van der Waals surface area (Å²) in [5, 5.41) is 2.84. The van der Waals surface area contributed by atoms with E-state index in [2.05, 4.69) is 15.3 Å². The Morgan fingerprint density at radius 2 is 2.00 bits per heavy atom. The molecule has 0 saturated heterocycles. The highest BCUT2D eigenvalue weighted by Crippen LogP contribution is 2.32. The largest absolute Gasteiger partial charge is 0.342 e. The number of fused-ring (bicyclic) bond motifs is 1. The zero-order chi connectivity index (χ0) is 12.7. The van der Waals surface area contributed by atoms with Crippen molar-refractivity contribution in [3.63, 3.8) is 0 Å². The van der Waals surface area contributed by atoms with Crippen LogP contribution in [-0.4, -0.2) is 15.9 Å². The molecule has 1 aromatic heterocycles. The van der Waals surface area contributed by atoms with E-state index in [0.29, 0.717) is 11.4 Å². The Bertz CT molecular complexity index is 648. The molecule has 3 rings (SSSR count). The van der Waals surface area contributed by atoms with Gasteiger partial charge >= 0.3 is 0 Å². The van der Waals surface area contributed by atoms with Crippen LogP contribution >= 0.6 is 0 Å². The molecule has 0 unspecified atom stereocenters. The first kappa shape index (κ1) is 10.8. The van der Waals surface area contributed by atoms with E-state index in [9.17, 15) is 4.79 Å². The fourth-order valence-corrected chi connectivity index (χ4v) is 2.06. The van der Waals surface area contributed by atoms with Crippen LogP contribution in [0.5, 0.6) is 0 Å². The maximum Gasteiger partial charge on any atom is 0.256 e. The third-order valence-electron chi connectivity index (χ3n) is 3.14. The molecule has 2 aromatic rings. The number of aromatic nitrogens is 2. The lowest BCUT2D eigenvalue weighted by Crippen LogP contribution is -2.03.